The molecule has 5 heteroatoms. The van der Waals surface area contributed by atoms with Gasteiger partial charge >= 0.3 is 0 Å². The highest BCUT2D eigenvalue weighted by Gasteiger charge is 2.18. The molecular weight excluding hydrogens is 194 g/mol. The van der Waals surface area contributed by atoms with Crippen molar-refractivity contribution in [1.82, 2.24) is 0 Å². The molecular formula is C10H21N3O2. The summed E-state index contributed by atoms with van der Waals surface area (Å²) >= 11 is 0. The Bertz CT molecular complexity index is 219. The lowest BCUT2D eigenvalue weighted by molar-refractivity contribution is 0.0347. The van der Waals surface area contributed by atoms with Crippen LogP contribution in [0, 0.1) is 5.92 Å². The smallest absolute Gasteiger partial charge is 0.0592 e. The maximum absolute atomic E-state index is 9.73. The molecule has 2 unspecified atom stereocenters. The maximum atomic E-state index is 9.73. The van der Waals surface area contributed by atoms with Crippen LogP contribution >= 0.6 is 0 Å². The fourth-order valence-corrected chi connectivity index (χ4v) is 1.28. The first kappa shape index (κ1) is 14.2. The molecule has 0 aromatic rings. The molecule has 0 aliphatic heterocycles. The minimum Gasteiger partial charge on any atom is -0.393 e. The molecule has 5 nitrogen and oxygen atoms in total. The summed E-state index contributed by atoms with van der Waals surface area (Å²) in [5.74, 6) is 0.0952. The molecule has 0 amide bonds. The number of aliphatic hydroxyl groups excluding tert-OH is 1. The minimum atomic E-state index is -0.731. The molecule has 0 saturated carbocycles. The lowest BCUT2D eigenvalue weighted by atomic mass is 9.92. The summed E-state index contributed by atoms with van der Waals surface area (Å²) < 4.78 is 0. The van der Waals surface area contributed by atoms with E-state index in [2.05, 4.69) is 10.0 Å². The van der Waals surface area contributed by atoms with Crippen LogP contribution in [0.15, 0.2) is 5.11 Å². The van der Waals surface area contributed by atoms with Gasteiger partial charge in [0.1, 0.15) is 0 Å². The predicted molar refractivity (Wildman–Crippen MR) is 59.3 cm³/mol. The molecule has 0 radical (unpaired) electrons. The average molecular weight is 215 g/mol. The normalized spacial score (nSPS) is 15.5. The molecule has 0 heterocycles. The van der Waals surface area contributed by atoms with E-state index in [-0.39, 0.29) is 5.92 Å². The van der Waals surface area contributed by atoms with Gasteiger partial charge in [-0.3, -0.25) is 0 Å². The van der Waals surface area contributed by atoms with E-state index in [1.807, 2.05) is 6.92 Å². The van der Waals surface area contributed by atoms with Crippen molar-refractivity contribution in [2.45, 2.75) is 51.7 Å². The molecule has 2 N–H and O–H groups in total. The van der Waals surface area contributed by atoms with Gasteiger partial charge in [-0.05, 0) is 44.6 Å². The Balaban J connectivity index is 3.78. The summed E-state index contributed by atoms with van der Waals surface area (Å²) in [7, 11) is 0. The van der Waals surface area contributed by atoms with E-state index in [0.29, 0.717) is 25.8 Å². The lowest BCUT2D eigenvalue weighted by Gasteiger charge is -2.22. The van der Waals surface area contributed by atoms with Gasteiger partial charge in [-0.15, -0.1) is 0 Å². The Labute approximate surface area is 90.7 Å². The monoisotopic (exact) mass is 215 g/mol. The molecule has 0 aromatic carbocycles. The molecule has 0 aliphatic carbocycles. The molecule has 0 fully saturated rings. The van der Waals surface area contributed by atoms with Gasteiger partial charge in [0.2, 0.25) is 0 Å². The van der Waals surface area contributed by atoms with Gasteiger partial charge < -0.3 is 10.2 Å². The second-order valence-corrected chi connectivity index (χ2v) is 4.64. The molecule has 0 bridgehead atoms. The Kier molecular flexibility index (Phi) is 6.32. The molecule has 0 aliphatic rings. The number of rotatable bonds is 7. The van der Waals surface area contributed by atoms with E-state index in [4.69, 9.17) is 5.53 Å². The van der Waals surface area contributed by atoms with Crippen LogP contribution in [0.4, 0.5) is 0 Å². The molecule has 0 aromatic heterocycles. The zero-order chi connectivity index (χ0) is 11.9. The van der Waals surface area contributed by atoms with Gasteiger partial charge in [0.05, 0.1) is 11.7 Å². The third-order valence-electron chi connectivity index (χ3n) is 2.46. The van der Waals surface area contributed by atoms with Crippen molar-refractivity contribution in [3.63, 3.8) is 0 Å². The largest absolute Gasteiger partial charge is 0.393 e. The zero-order valence-electron chi connectivity index (χ0n) is 9.72. The number of hydrogen-bond acceptors (Lipinski definition) is 3. The van der Waals surface area contributed by atoms with Crippen LogP contribution in [0.25, 0.3) is 10.4 Å². The van der Waals surface area contributed by atoms with Crippen molar-refractivity contribution < 1.29 is 10.2 Å². The van der Waals surface area contributed by atoms with Crippen molar-refractivity contribution in [2.24, 2.45) is 11.0 Å². The average Bonchev–Trinajstić information content (AvgIpc) is 2.13. The van der Waals surface area contributed by atoms with Gasteiger partial charge in [-0.1, -0.05) is 12.0 Å². The van der Waals surface area contributed by atoms with Crippen LogP contribution in [-0.4, -0.2) is 28.5 Å². The Hall–Kier alpha value is -0.770. The lowest BCUT2D eigenvalue weighted by Crippen LogP contribution is -2.25. The van der Waals surface area contributed by atoms with Crippen LogP contribution < -0.4 is 0 Å². The molecule has 0 spiro atoms. The standard InChI is InChI=1S/C10H21N3O2/c1-8(5-7-12-13-11)9(14)4-6-10(2,3)15/h8-9,14-15H,4-7H2,1-3H3. The third-order valence-corrected chi connectivity index (χ3v) is 2.46. The van der Waals surface area contributed by atoms with Gasteiger partial charge in [0.25, 0.3) is 0 Å². The first-order chi connectivity index (χ1) is 6.87. The maximum Gasteiger partial charge on any atom is 0.0592 e. The summed E-state index contributed by atoms with van der Waals surface area (Å²) in [6, 6.07) is 0. The Morgan fingerprint density at radius 1 is 1.40 bits per heavy atom. The van der Waals surface area contributed by atoms with Crippen molar-refractivity contribution >= 4 is 0 Å². The van der Waals surface area contributed by atoms with E-state index in [1.54, 1.807) is 13.8 Å². The Morgan fingerprint density at radius 3 is 2.47 bits per heavy atom. The number of aliphatic hydroxyl groups is 2. The first-order valence-electron chi connectivity index (χ1n) is 5.28. The zero-order valence-corrected chi connectivity index (χ0v) is 9.72. The molecule has 15 heavy (non-hydrogen) atoms. The van der Waals surface area contributed by atoms with Crippen LogP contribution in [-0.2, 0) is 0 Å². The van der Waals surface area contributed by atoms with Crippen LogP contribution in [0.1, 0.15) is 40.0 Å². The van der Waals surface area contributed by atoms with Gasteiger partial charge in [0.15, 0.2) is 0 Å². The second-order valence-electron chi connectivity index (χ2n) is 4.64. The molecule has 0 saturated heterocycles. The van der Waals surface area contributed by atoms with Crippen molar-refractivity contribution in [2.75, 3.05) is 6.54 Å². The van der Waals surface area contributed by atoms with E-state index in [1.165, 1.54) is 0 Å². The molecule has 2 atom stereocenters. The fourth-order valence-electron chi connectivity index (χ4n) is 1.28. The highest BCUT2D eigenvalue weighted by molar-refractivity contribution is 4.72. The van der Waals surface area contributed by atoms with E-state index in [0.717, 1.165) is 0 Å². The SMILES string of the molecule is CC(CCN=[N+]=[N-])C(O)CCC(C)(C)O. The van der Waals surface area contributed by atoms with Gasteiger partial charge in [-0.2, -0.15) is 0 Å². The van der Waals surface area contributed by atoms with Crippen molar-refractivity contribution in [3.05, 3.63) is 10.4 Å². The fraction of sp³-hybridized carbons (Fsp3) is 1.00. The summed E-state index contributed by atoms with van der Waals surface area (Å²) in [6.45, 7) is 5.79. The summed E-state index contributed by atoms with van der Waals surface area (Å²) in [6.07, 6.45) is 1.38. The van der Waals surface area contributed by atoms with Gasteiger partial charge in [-0.25, -0.2) is 0 Å². The number of nitrogens with zero attached hydrogens (tertiary/aromatic N) is 3. The summed E-state index contributed by atoms with van der Waals surface area (Å²) in [4.78, 5) is 2.66. The highest BCUT2D eigenvalue weighted by Crippen LogP contribution is 2.18. The van der Waals surface area contributed by atoms with Crippen molar-refractivity contribution in [1.29, 1.82) is 0 Å². The highest BCUT2D eigenvalue weighted by atomic mass is 16.3. The van der Waals surface area contributed by atoms with E-state index in [9.17, 15) is 10.2 Å². The minimum absolute atomic E-state index is 0.0952. The number of hydrogen-bond donors (Lipinski definition) is 2. The number of azide groups is 1. The first-order valence-corrected chi connectivity index (χ1v) is 5.28. The summed E-state index contributed by atoms with van der Waals surface area (Å²) in [5.41, 5.74) is 7.36. The van der Waals surface area contributed by atoms with E-state index >= 15 is 0 Å². The predicted octanol–water partition coefficient (Wildman–Crippen LogP) is 2.23. The van der Waals surface area contributed by atoms with Crippen LogP contribution in [0.2, 0.25) is 0 Å². The summed E-state index contributed by atoms with van der Waals surface area (Å²) in [5, 5.41) is 22.6. The Morgan fingerprint density at radius 2 is 2.00 bits per heavy atom. The van der Waals surface area contributed by atoms with Crippen LogP contribution in [0.5, 0.6) is 0 Å². The van der Waals surface area contributed by atoms with Crippen molar-refractivity contribution in [3.8, 4) is 0 Å². The topological polar surface area (TPSA) is 89.2 Å². The molecule has 88 valence electrons. The quantitative estimate of drug-likeness (QED) is 0.387. The molecule has 0 rings (SSSR count). The van der Waals surface area contributed by atoms with E-state index < -0.39 is 11.7 Å². The van der Waals surface area contributed by atoms with Crippen LogP contribution in [0.3, 0.4) is 0 Å². The van der Waals surface area contributed by atoms with Gasteiger partial charge in [0, 0.05) is 11.5 Å². The third kappa shape index (κ3) is 8.24. The second kappa shape index (κ2) is 6.67.